The molecule has 0 saturated carbocycles. The monoisotopic (exact) mass is 277 g/mol. The lowest BCUT2D eigenvalue weighted by Crippen LogP contribution is -2.35. The summed E-state index contributed by atoms with van der Waals surface area (Å²) < 4.78 is 5.64. The Morgan fingerprint density at radius 1 is 1.11 bits per heavy atom. The highest BCUT2D eigenvalue weighted by Gasteiger charge is 2.11. The summed E-state index contributed by atoms with van der Waals surface area (Å²) in [6, 6.07) is 9.74. The van der Waals surface area contributed by atoms with Gasteiger partial charge in [-0.2, -0.15) is 0 Å². The van der Waals surface area contributed by atoms with Crippen molar-refractivity contribution in [3.05, 3.63) is 40.3 Å². The van der Waals surface area contributed by atoms with Crippen molar-refractivity contribution >= 4 is 11.3 Å². The lowest BCUT2D eigenvalue weighted by atomic mass is 10.1. The Labute approximate surface area is 117 Å². The topological polar surface area (TPSA) is 47.0 Å². The molecule has 0 aliphatic carbocycles. The molecule has 0 saturated heterocycles. The van der Waals surface area contributed by atoms with Crippen molar-refractivity contribution < 1.29 is 4.74 Å². The van der Waals surface area contributed by atoms with Crippen LogP contribution in [0.1, 0.15) is 30.8 Å². The SMILES string of the molecule is CC(C)(C)NCc1nnc(COc2ccccc2)s1. The molecule has 2 aromatic rings. The van der Waals surface area contributed by atoms with E-state index >= 15 is 0 Å². The molecule has 0 radical (unpaired) electrons. The first-order valence-electron chi connectivity index (χ1n) is 6.27. The number of hydrogen-bond acceptors (Lipinski definition) is 5. The molecule has 0 aliphatic rings. The van der Waals surface area contributed by atoms with Crippen LogP contribution in [0.5, 0.6) is 5.75 Å². The van der Waals surface area contributed by atoms with Crippen LogP contribution < -0.4 is 10.1 Å². The zero-order chi connectivity index (χ0) is 13.7. The molecule has 4 nitrogen and oxygen atoms in total. The van der Waals surface area contributed by atoms with Gasteiger partial charge < -0.3 is 10.1 Å². The van der Waals surface area contributed by atoms with Crippen LogP contribution in [0, 0.1) is 0 Å². The lowest BCUT2D eigenvalue weighted by molar-refractivity contribution is 0.304. The minimum Gasteiger partial charge on any atom is -0.486 e. The van der Waals surface area contributed by atoms with Crippen LogP contribution in [0.3, 0.4) is 0 Å². The summed E-state index contributed by atoms with van der Waals surface area (Å²) in [4.78, 5) is 0. The van der Waals surface area contributed by atoms with E-state index in [0.29, 0.717) is 6.61 Å². The van der Waals surface area contributed by atoms with Gasteiger partial charge in [0, 0.05) is 5.54 Å². The number of hydrogen-bond donors (Lipinski definition) is 1. The van der Waals surface area contributed by atoms with Crippen LogP contribution in [0.25, 0.3) is 0 Å². The Balaban J connectivity index is 1.84. The number of nitrogens with one attached hydrogen (secondary N) is 1. The molecular formula is C14H19N3OS. The molecule has 5 heteroatoms. The van der Waals surface area contributed by atoms with E-state index in [2.05, 4.69) is 36.3 Å². The Kier molecular flexibility index (Phi) is 4.50. The van der Waals surface area contributed by atoms with Gasteiger partial charge in [-0.05, 0) is 32.9 Å². The molecule has 2 rings (SSSR count). The average Bonchev–Trinajstić information content (AvgIpc) is 2.82. The molecule has 0 fully saturated rings. The summed E-state index contributed by atoms with van der Waals surface area (Å²) in [5.41, 5.74) is 0.0897. The number of rotatable bonds is 5. The highest BCUT2D eigenvalue weighted by molar-refractivity contribution is 7.11. The van der Waals surface area contributed by atoms with Crippen LogP contribution in [-0.4, -0.2) is 15.7 Å². The van der Waals surface area contributed by atoms with E-state index in [4.69, 9.17) is 4.74 Å². The fourth-order valence-corrected chi connectivity index (χ4v) is 2.12. The average molecular weight is 277 g/mol. The second-order valence-electron chi connectivity index (χ2n) is 5.29. The van der Waals surface area contributed by atoms with Gasteiger partial charge in [-0.3, -0.25) is 0 Å². The van der Waals surface area contributed by atoms with Crippen molar-refractivity contribution in [3.8, 4) is 5.75 Å². The van der Waals surface area contributed by atoms with Gasteiger partial charge in [0.25, 0.3) is 0 Å². The maximum Gasteiger partial charge on any atom is 0.155 e. The van der Waals surface area contributed by atoms with Crippen LogP contribution in [0.15, 0.2) is 30.3 Å². The smallest absolute Gasteiger partial charge is 0.155 e. The number of para-hydroxylation sites is 1. The van der Waals surface area contributed by atoms with Gasteiger partial charge in [0.2, 0.25) is 0 Å². The van der Waals surface area contributed by atoms with Crippen molar-refractivity contribution in [1.29, 1.82) is 0 Å². The molecule has 0 spiro atoms. The molecule has 1 N–H and O–H groups in total. The van der Waals surface area contributed by atoms with Gasteiger partial charge in [0.05, 0.1) is 6.54 Å². The Bertz CT molecular complexity index is 505. The Hall–Kier alpha value is -1.46. The predicted molar refractivity (Wildman–Crippen MR) is 77.3 cm³/mol. The Morgan fingerprint density at radius 3 is 2.47 bits per heavy atom. The van der Waals surface area contributed by atoms with Gasteiger partial charge >= 0.3 is 0 Å². The summed E-state index contributed by atoms with van der Waals surface area (Å²) in [6.45, 7) is 7.61. The highest BCUT2D eigenvalue weighted by atomic mass is 32.1. The minimum atomic E-state index is 0.0897. The van der Waals surface area contributed by atoms with Gasteiger partial charge in [-0.25, -0.2) is 0 Å². The van der Waals surface area contributed by atoms with Crippen molar-refractivity contribution in [2.24, 2.45) is 0 Å². The van der Waals surface area contributed by atoms with Crippen LogP contribution in [0.4, 0.5) is 0 Å². The number of ether oxygens (including phenoxy) is 1. The second kappa shape index (κ2) is 6.12. The number of nitrogens with zero attached hydrogens (tertiary/aromatic N) is 2. The minimum absolute atomic E-state index is 0.0897. The molecular weight excluding hydrogens is 258 g/mol. The summed E-state index contributed by atoms with van der Waals surface area (Å²) in [5.74, 6) is 0.854. The molecule has 102 valence electrons. The lowest BCUT2D eigenvalue weighted by Gasteiger charge is -2.19. The normalized spacial score (nSPS) is 11.5. The highest BCUT2D eigenvalue weighted by Crippen LogP contribution is 2.15. The van der Waals surface area contributed by atoms with E-state index in [-0.39, 0.29) is 5.54 Å². The van der Waals surface area contributed by atoms with Crippen molar-refractivity contribution in [1.82, 2.24) is 15.5 Å². The third-order valence-electron chi connectivity index (χ3n) is 2.38. The van der Waals surface area contributed by atoms with Crippen molar-refractivity contribution in [3.63, 3.8) is 0 Å². The van der Waals surface area contributed by atoms with E-state index in [1.807, 2.05) is 30.3 Å². The molecule has 1 heterocycles. The van der Waals surface area contributed by atoms with Gasteiger partial charge in [-0.1, -0.05) is 29.5 Å². The first-order chi connectivity index (χ1) is 9.03. The van der Waals surface area contributed by atoms with Gasteiger partial charge in [0.1, 0.15) is 17.4 Å². The van der Waals surface area contributed by atoms with Gasteiger partial charge in [-0.15, -0.1) is 10.2 Å². The van der Waals surface area contributed by atoms with Crippen LogP contribution >= 0.6 is 11.3 Å². The number of aromatic nitrogens is 2. The van der Waals surface area contributed by atoms with E-state index in [1.54, 1.807) is 11.3 Å². The largest absolute Gasteiger partial charge is 0.486 e. The molecule has 0 bridgehead atoms. The quantitative estimate of drug-likeness (QED) is 0.912. The summed E-state index contributed by atoms with van der Waals surface area (Å²) in [6.07, 6.45) is 0. The van der Waals surface area contributed by atoms with Crippen LogP contribution in [0.2, 0.25) is 0 Å². The third-order valence-corrected chi connectivity index (χ3v) is 3.28. The fraction of sp³-hybridized carbons (Fsp3) is 0.429. The van der Waals surface area contributed by atoms with Crippen molar-refractivity contribution in [2.75, 3.05) is 0 Å². The van der Waals surface area contributed by atoms with Crippen LogP contribution in [-0.2, 0) is 13.2 Å². The van der Waals surface area contributed by atoms with E-state index < -0.39 is 0 Å². The molecule has 0 amide bonds. The molecule has 0 unspecified atom stereocenters. The molecule has 0 atom stereocenters. The number of benzene rings is 1. The maximum atomic E-state index is 5.64. The molecule has 19 heavy (non-hydrogen) atoms. The third kappa shape index (κ3) is 4.96. The first-order valence-corrected chi connectivity index (χ1v) is 7.09. The molecule has 1 aromatic heterocycles. The standard InChI is InChI=1S/C14H19N3OS/c1-14(2,3)15-9-12-16-17-13(19-12)10-18-11-7-5-4-6-8-11/h4-8,15H,9-10H2,1-3H3. The Morgan fingerprint density at radius 2 is 1.79 bits per heavy atom. The van der Waals surface area contributed by atoms with E-state index in [0.717, 1.165) is 22.3 Å². The maximum absolute atomic E-state index is 5.64. The van der Waals surface area contributed by atoms with E-state index in [9.17, 15) is 0 Å². The first kappa shape index (κ1) is 14.0. The fourth-order valence-electron chi connectivity index (χ4n) is 1.42. The summed E-state index contributed by atoms with van der Waals surface area (Å²) >= 11 is 1.58. The zero-order valence-electron chi connectivity index (χ0n) is 11.5. The molecule has 1 aromatic carbocycles. The zero-order valence-corrected chi connectivity index (χ0v) is 12.3. The van der Waals surface area contributed by atoms with Crippen molar-refractivity contribution in [2.45, 2.75) is 39.5 Å². The van der Waals surface area contributed by atoms with Gasteiger partial charge in [0.15, 0.2) is 5.01 Å². The summed E-state index contributed by atoms with van der Waals surface area (Å²) in [7, 11) is 0. The second-order valence-corrected chi connectivity index (χ2v) is 6.44. The van der Waals surface area contributed by atoms with E-state index in [1.165, 1.54) is 0 Å². The molecule has 0 aliphatic heterocycles. The predicted octanol–water partition coefficient (Wildman–Crippen LogP) is 3.01. The summed E-state index contributed by atoms with van der Waals surface area (Å²) in [5, 5.41) is 13.6.